The fourth-order valence-electron chi connectivity index (χ4n) is 2.11. The molecule has 0 saturated heterocycles. The SMILES string of the molecule is Cn1nc(C(=O)Nc2ccc(COc3ccccc3Cl)cn2)ccc1=O. The van der Waals surface area contributed by atoms with Gasteiger partial charge in [-0.05, 0) is 24.3 Å². The molecular weight excluding hydrogens is 356 g/mol. The van der Waals surface area contributed by atoms with Crippen LogP contribution in [0, 0.1) is 0 Å². The van der Waals surface area contributed by atoms with E-state index in [4.69, 9.17) is 16.3 Å². The van der Waals surface area contributed by atoms with E-state index in [2.05, 4.69) is 15.4 Å². The maximum Gasteiger partial charge on any atom is 0.277 e. The second-order valence-electron chi connectivity index (χ2n) is 5.41. The Bertz CT molecular complexity index is 986. The van der Waals surface area contributed by atoms with Crippen LogP contribution in [0.2, 0.25) is 5.02 Å². The topological polar surface area (TPSA) is 86.1 Å². The largest absolute Gasteiger partial charge is 0.487 e. The van der Waals surface area contributed by atoms with Gasteiger partial charge in [0.2, 0.25) is 0 Å². The number of ether oxygens (including phenoxy) is 1. The minimum atomic E-state index is -0.451. The zero-order valence-electron chi connectivity index (χ0n) is 13.8. The van der Waals surface area contributed by atoms with E-state index in [-0.39, 0.29) is 11.3 Å². The molecule has 2 aromatic heterocycles. The fourth-order valence-corrected chi connectivity index (χ4v) is 2.30. The van der Waals surface area contributed by atoms with Crippen molar-refractivity contribution in [3.05, 3.63) is 81.4 Å². The minimum Gasteiger partial charge on any atom is -0.487 e. The van der Waals surface area contributed by atoms with Crippen molar-refractivity contribution in [1.82, 2.24) is 14.8 Å². The molecular formula is C18H15ClN4O3. The van der Waals surface area contributed by atoms with Crippen molar-refractivity contribution < 1.29 is 9.53 Å². The Hall–Kier alpha value is -3.19. The van der Waals surface area contributed by atoms with Crippen LogP contribution < -0.4 is 15.6 Å². The van der Waals surface area contributed by atoms with Crippen molar-refractivity contribution in [1.29, 1.82) is 0 Å². The molecule has 26 heavy (non-hydrogen) atoms. The van der Waals surface area contributed by atoms with E-state index in [0.29, 0.717) is 23.2 Å². The maximum atomic E-state index is 12.1. The fraction of sp³-hybridized carbons (Fsp3) is 0.111. The molecule has 0 atom stereocenters. The molecule has 1 aromatic carbocycles. The number of rotatable bonds is 5. The van der Waals surface area contributed by atoms with Gasteiger partial charge in [0.15, 0.2) is 0 Å². The summed E-state index contributed by atoms with van der Waals surface area (Å²) in [5, 5.41) is 7.05. The van der Waals surface area contributed by atoms with Crippen LogP contribution in [0.3, 0.4) is 0 Å². The van der Waals surface area contributed by atoms with E-state index in [0.717, 1.165) is 10.2 Å². The summed E-state index contributed by atoms with van der Waals surface area (Å²) in [5.41, 5.74) is 0.658. The zero-order chi connectivity index (χ0) is 18.5. The summed E-state index contributed by atoms with van der Waals surface area (Å²) < 4.78 is 6.73. The Morgan fingerprint density at radius 3 is 2.69 bits per heavy atom. The number of benzene rings is 1. The number of hydrogen-bond acceptors (Lipinski definition) is 5. The Morgan fingerprint density at radius 2 is 2.00 bits per heavy atom. The number of hydrogen-bond donors (Lipinski definition) is 1. The van der Waals surface area contributed by atoms with Crippen LogP contribution in [0.15, 0.2) is 59.5 Å². The number of aryl methyl sites for hydroxylation is 1. The van der Waals surface area contributed by atoms with Crippen molar-refractivity contribution in [3.63, 3.8) is 0 Å². The zero-order valence-corrected chi connectivity index (χ0v) is 14.6. The van der Waals surface area contributed by atoms with Crippen LogP contribution in [0.25, 0.3) is 0 Å². The van der Waals surface area contributed by atoms with Gasteiger partial charge in [-0.25, -0.2) is 9.67 Å². The molecule has 1 N–H and O–H groups in total. The highest BCUT2D eigenvalue weighted by Crippen LogP contribution is 2.24. The van der Waals surface area contributed by atoms with Crippen LogP contribution >= 0.6 is 11.6 Å². The molecule has 0 aliphatic heterocycles. The number of carbonyl (C=O) groups excluding carboxylic acids is 1. The molecule has 0 aliphatic carbocycles. The summed E-state index contributed by atoms with van der Waals surface area (Å²) >= 11 is 6.04. The van der Waals surface area contributed by atoms with Crippen LogP contribution in [-0.2, 0) is 13.7 Å². The quantitative estimate of drug-likeness (QED) is 0.746. The van der Waals surface area contributed by atoms with Crippen LogP contribution in [-0.4, -0.2) is 20.7 Å². The first kappa shape index (κ1) is 17.6. The summed E-state index contributed by atoms with van der Waals surface area (Å²) in [4.78, 5) is 27.6. The summed E-state index contributed by atoms with van der Waals surface area (Å²) in [5.74, 6) is 0.507. The molecule has 0 radical (unpaired) electrons. The maximum absolute atomic E-state index is 12.1. The average molecular weight is 371 g/mol. The molecule has 8 heteroatoms. The first-order valence-corrected chi connectivity index (χ1v) is 8.09. The number of carbonyl (C=O) groups is 1. The van der Waals surface area contributed by atoms with Crippen LogP contribution in [0.4, 0.5) is 5.82 Å². The van der Waals surface area contributed by atoms with E-state index in [1.165, 1.54) is 19.2 Å². The molecule has 1 amide bonds. The number of anilines is 1. The van der Waals surface area contributed by atoms with E-state index in [1.54, 1.807) is 30.5 Å². The number of halogens is 1. The number of nitrogens with one attached hydrogen (secondary N) is 1. The predicted octanol–water partition coefficient (Wildman–Crippen LogP) is 2.66. The van der Waals surface area contributed by atoms with Gasteiger partial charge in [0.05, 0.1) is 5.02 Å². The van der Waals surface area contributed by atoms with Gasteiger partial charge in [0.1, 0.15) is 23.9 Å². The van der Waals surface area contributed by atoms with Crippen molar-refractivity contribution in [2.45, 2.75) is 6.61 Å². The van der Waals surface area contributed by atoms with E-state index in [9.17, 15) is 9.59 Å². The molecule has 0 unspecified atom stereocenters. The Kier molecular flexibility index (Phi) is 5.28. The normalized spacial score (nSPS) is 10.4. The molecule has 132 valence electrons. The molecule has 3 rings (SSSR count). The standard InChI is InChI=1S/C18H15ClN4O3/c1-23-17(24)9-7-14(22-23)18(25)21-16-8-6-12(10-20-16)11-26-15-5-3-2-4-13(15)19/h2-10H,11H2,1H3,(H,20,21,25). The highest BCUT2D eigenvalue weighted by Gasteiger charge is 2.10. The number of aromatic nitrogens is 3. The number of para-hydroxylation sites is 1. The first-order chi connectivity index (χ1) is 12.5. The van der Waals surface area contributed by atoms with E-state index >= 15 is 0 Å². The summed E-state index contributed by atoms with van der Waals surface area (Å²) in [6, 6.07) is 13.3. The first-order valence-electron chi connectivity index (χ1n) is 7.71. The molecule has 0 spiro atoms. The van der Waals surface area contributed by atoms with Crippen LogP contribution in [0.5, 0.6) is 5.75 Å². The number of amides is 1. The van der Waals surface area contributed by atoms with Crippen LogP contribution in [0.1, 0.15) is 16.1 Å². The second-order valence-corrected chi connectivity index (χ2v) is 5.81. The van der Waals surface area contributed by atoms with Gasteiger partial charge in [-0.3, -0.25) is 9.59 Å². The van der Waals surface area contributed by atoms with Gasteiger partial charge in [-0.1, -0.05) is 29.8 Å². The van der Waals surface area contributed by atoms with Crippen molar-refractivity contribution in [3.8, 4) is 5.75 Å². The van der Waals surface area contributed by atoms with Gasteiger partial charge < -0.3 is 10.1 Å². The number of pyridine rings is 1. The third-order valence-electron chi connectivity index (χ3n) is 3.49. The molecule has 0 bridgehead atoms. The highest BCUT2D eigenvalue weighted by atomic mass is 35.5. The molecule has 0 saturated carbocycles. The lowest BCUT2D eigenvalue weighted by molar-refractivity contribution is 0.101. The summed E-state index contributed by atoms with van der Waals surface area (Å²) in [6.45, 7) is 0.299. The minimum absolute atomic E-state index is 0.125. The van der Waals surface area contributed by atoms with E-state index < -0.39 is 5.91 Å². The van der Waals surface area contributed by atoms with Gasteiger partial charge in [-0.15, -0.1) is 0 Å². The predicted molar refractivity (Wildman–Crippen MR) is 97.5 cm³/mol. The van der Waals surface area contributed by atoms with Gasteiger partial charge >= 0.3 is 0 Å². The third-order valence-corrected chi connectivity index (χ3v) is 3.80. The molecule has 0 fully saturated rings. The smallest absolute Gasteiger partial charge is 0.277 e. The molecule has 0 aliphatic rings. The van der Waals surface area contributed by atoms with Gasteiger partial charge in [-0.2, -0.15) is 5.10 Å². The van der Waals surface area contributed by atoms with Gasteiger partial charge in [0.25, 0.3) is 11.5 Å². The lowest BCUT2D eigenvalue weighted by Crippen LogP contribution is -2.23. The van der Waals surface area contributed by atoms with Crippen molar-refractivity contribution in [2.75, 3.05) is 5.32 Å². The molecule has 2 heterocycles. The summed E-state index contributed by atoms with van der Waals surface area (Å²) in [7, 11) is 1.48. The number of nitrogens with zero attached hydrogens (tertiary/aromatic N) is 3. The lowest BCUT2D eigenvalue weighted by atomic mass is 10.3. The lowest BCUT2D eigenvalue weighted by Gasteiger charge is -2.08. The molecule has 3 aromatic rings. The highest BCUT2D eigenvalue weighted by molar-refractivity contribution is 6.32. The van der Waals surface area contributed by atoms with E-state index in [1.807, 2.05) is 12.1 Å². The Balaban J connectivity index is 1.62. The molecule has 7 nitrogen and oxygen atoms in total. The average Bonchev–Trinajstić information content (AvgIpc) is 2.64. The van der Waals surface area contributed by atoms with Crippen molar-refractivity contribution >= 4 is 23.3 Å². The Morgan fingerprint density at radius 1 is 1.19 bits per heavy atom. The second kappa shape index (κ2) is 7.79. The Labute approximate surface area is 154 Å². The monoisotopic (exact) mass is 370 g/mol. The van der Waals surface area contributed by atoms with Crippen molar-refractivity contribution in [2.24, 2.45) is 7.05 Å². The van der Waals surface area contributed by atoms with Gasteiger partial charge in [0, 0.05) is 24.9 Å². The summed E-state index contributed by atoms with van der Waals surface area (Å²) in [6.07, 6.45) is 1.60. The third kappa shape index (κ3) is 4.25.